The Morgan fingerprint density at radius 1 is 1.00 bits per heavy atom. The van der Waals surface area contributed by atoms with Gasteiger partial charge in [-0.05, 0) is 30.7 Å². The second kappa shape index (κ2) is 9.94. The van der Waals surface area contributed by atoms with Crippen LogP contribution in [0.25, 0.3) is 11.5 Å². The molecule has 1 atom stereocenters. The molecule has 33 heavy (non-hydrogen) atoms. The van der Waals surface area contributed by atoms with Gasteiger partial charge >= 0.3 is 0 Å². The molecule has 0 aliphatic carbocycles. The summed E-state index contributed by atoms with van der Waals surface area (Å²) in [5, 5.41) is 18.8. The van der Waals surface area contributed by atoms with Crippen LogP contribution < -0.4 is 4.90 Å². The first-order valence-electron chi connectivity index (χ1n) is 10.7. The van der Waals surface area contributed by atoms with E-state index in [1.165, 1.54) is 5.56 Å². The van der Waals surface area contributed by atoms with Gasteiger partial charge in [-0.3, -0.25) is 4.57 Å². The van der Waals surface area contributed by atoms with Crippen LogP contribution in [0.2, 0.25) is 5.02 Å². The van der Waals surface area contributed by atoms with Gasteiger partial charge in [-0.1, -0.05) is 59.8 Å². The van der Waals surface area contributed by atoms with Crippen molar-refractivity contribution in [2.45, 2.75) is 23.9 Å². The standard InChI is InChI=1S/C23H23ClN6O2S/c1-16(20-25-26-21(32-20)18-8-5-9-19(24)14-18)33-23-28-27-22(29-10-12-31-13-11-29)30(23)15-17-6-3-2-4-7-17/h2-9,14,16H,10-13,15H2,1H3/t16-/m0/s1. The number of morpholine rings is 1. The summed E-state index contributed by atoms with van der Waals surface area (Å²) in [5.41, 5.74) is 1.97. The van der Waals surface area contributed by atoms with Crippen LogP contribution in [0, 0.1) is 0 Å². The van der Waals surface area contributed by atoms with Crippen LogP contribution in [0.1, 0.15) is 23.6 Å². The van der Waals surface area contributed by atoms with E-state index in [2.05, 4.69) is 42.0 Å². The van der Waals surface area contributed by atoms with Crippen molar-refractivity contribution in [2.75, 3.05) is 31.2 Å². The molecule has 0 amide bonds. The molecule has 0 spiro atoms. The zero-order valence-electron chi connectivity index (χ0n) is 18.1. The van der Waals surface area contributed by atoms with Crippen molar-refractivity contribution in [3.63, 3.8) is 0 Å². The number of rotatable bonds is 7. The van der Waals surface area contributed by atoms with E-state index in [4.69, 9.17) is 20.8 Å². The van der Waals surface area contributed by atoms with Crippen LogP contribution in [0.3, 0.4) is 0 Å². The minimum Gasteiger partial charge on any atom is -0.419 e. The first kappa shape index (κ1) is 21.9. The number of nitrogens with zero attached hydrogens (tertiary/aromatic N) is 6. The van der Waals surface area contributed by atoms with Crippen LogP contribution in [-0.4, -0.2) is 51.3 Å². The summed E-state index contributed by atoms with van der Waals surface area (Å²) in [4.78, 5) is 2.22. The molecule has 0 radical (unpaired) electrons. The second-order valence-electron chi connectivity index (χ2n) is 7.67. The van der Waals surface area contributed by atoms with Crippen molar-refractivity contribution in [1.29, 1.82) is 0 Å². The molecule has 1 aliphatic heterocycles. The molecule has 3 heterocycles. The Kier molecular flexibility index (Phi) is 6.61. The van der Waals surface area contributed by atoms with E-state index in [1.54, 1.807) is 11.8 Å². The molecule has 170 valence electrons. The number of aromatic nitrogens is 5. The summed E-state index contributed by atoms with van der Waals surface area (Å²) >= 11 is 7.65. The van der Waals surface area contributed by atoms with Crippen molar-refractivity contribution in [1.82, 2.24) is 25.0 Å². The minimum absolute atomic E-state index is 0.110. The van der Waals surface area contributed by atoms with E-state index in [9.17, 15) is 0 Å². The third-order valence-electron chi connectivity index (χ3n) is 5.32. The lowest BCUT2D eigenvalue weighted by Gasteiger charge is -2.28. The summed E-state index contributed by atoms with van der Waals surface area (Å²) in [5.74, 6) is 1.82. The van der Waals surface area contributed by atoms with Crippen molar-refractivity contribution in [3.05, 3.63) is 71.1 Å². The molecular formula is C23H23ClN6O2S. The quantitative estimate of drug-likeness (QED) is 0.350. The molecule has 4 aromatic rings. The van der Waals surface area contributed by atoms with E-state index in [-0.39, 0.29) is 5.25 Å². The van der Waals surface area contributed by atoms with E-state index in [0.717, 1.165) is 29.8 Å². The predicted molar refractivity (Wildman–Crippen MR) is 128 cm³/mol. The lowest BCUT2D eigenvalue weighted by atomic mass is 10.2. The fourth-order valence-corrected chi connectivity index (χ4v) is 4.68. The molecule has 8 nitrogen and oxygen atoms in total. The van der Waals surface area contributed by atoms with Gasteiger partial charge in [0, 0.05) is 23.7 Å². The van der Waals surface area contributed by atoms with Gasteiger partial charge in [0.2, 0.25) is 17.7 Å². The van der Waals surface area contributed by atoms with E-state index in [0.29, 0.717) is 36.6 Å². The molecule has 0 N–H and O–H groups in total. The number of hydrogen-bond donors (Lipinski definition) is 0. The maximum atomic E-state index is 6.10. The van der Waals surface area contributed by atoms with Gasteiger partial charge in [0.15, 0.2) is 5.16 Å². The molecule has 0 unspecified atom stereocenters. The highest BCUT2D eigenvalue weighted by atomic mass is 35.5. The van der Waals surface area contributed by atoms with E-state index < -0.39 is 0 Å². The monoisotopic (exact) mass is 482 g/mol. The summed E-state index contributed by atoms with van der Waals surface area (Å²) in [6.07, 6.45) is 0. The summed E-state index contributed by atoms with van der Waals surface area (Å²) in [6.45, 7) is 5.65. The average molecular weight is 483 g/mol. The van der Waals surface area contributed by atoms with Crippen LogP contribution in [0.15, 0.2) is 64.2 Å². The first-order valence-corrected chi connectivity index (χ1v) is 12.0. The Balaban J connectivity index is 1.40. The number of thioether (sulfide) groups is 1. The normalized spacial score (nSPS) is 15.0. The van der Waals surface area contributed by atoms with Gasteiger partial charge in [-0.2, -0.15) is 0 Å². The number of benzene rings is 2. The third-order valence-corrected chi connectivity index (χ3v) is 6.62. The maximum absolute atomic E-state index is 6.10. The largest absolute Gasteiger partial charge is 0.419 e. The highest BCUT2D eigenvalue weighted by Gasteiger charge is 2.24. The maximum Gasteiger partial charge on any atom is 0.247 e. The average Bonchev–Trinajstić information content (AvgIpc) is 3.49. The molecule has 0 bridgehead atoms. The first-order chi connectivity index (χ1) is 16.2. The minimum atomic E-state index is -0.110. The fraction of sp³-hybridized carbons (Fsp3) is 0.304. The van der Waals surface area contributed by atoms with Gasteiger partial charge in [-0.15, -0.1) is 20.4 Å². The van der Waals surface area contributed by atoms with Gasteiger partial charge in [0.05, 0.1) is 25.0 Å². The van der Waals surface area contributed by atoms with E-state index in [1.807, 2.05) is 49.4 Å². The molecule has 1 fully saturated rings. The summed E-state index contributed by atoms with van der Waals surface area (Å²) in [6, 6.07) is 17.7. The van der Waals surface area contributed by atoms with Crippen LogP contribution >= 0.6 is 23.4 Å². The molecule has 2 aromatic heterocycles. The van der Waals surface area contributed by atoms with Crippen molar-refractivity contribution in [2.24, 2.45) is 0 Å². The van der Waals surface area contributed by atoms with E-state index >= 15 is 0 Å². The van der Waals surface area contributed by atoms with Gasteiger partial charge in [0.1, 0.15) is 0 Å². The molecule has 0 saturated carbocycles. The fourth-order valence-electron chi connectivity index (χ4n) is 3.62. The Bertz CT molecular complexity index is 1210. The highest BCUT2D eigenvalue weighted by Crippen LogP contribution is 2.36. The van der Waals surface area contributed by atoms with Crippen LogP contribution in [-0.2, 0) is 11.3 Å². The van der Waals surface area contributed by atoms with Crippen molar-refractivity contribution < 1.29 is 9.15 Å². The number of anilines is 1. The van der Waals surface area contributed by atoms with Crippen LogP contribution in [0.4, 0.5) is 5.95 Å². The molecule has 2 aromatic carbocycles. The lowest BCUT2D eigenvalue weighted by molar-refractivity contribution is 0.121. The van der Waals surface area contributed by atoms with Crippen molar-refractivity contribution >= 4 is 29.3 Å². The molecule has 1 aliphatic rings. The number of halogens is 1. The van der Waals surface area contributed by atoms with Gasteiger partial charge in [0.25, 0.3) is 0 Å². The highest BCUT2D eigenvalue weighted by molar-refractivity contribution is 7.99. The molecule has 1 saturated heterocycles. The SMILES string of the molecule is C[C@H](Sc1nnc(N2CCOCC2)n1Cc1ccccc1)c1nnc(-c2cccc(Cl)c2)o1. The summed E-state index contributed by atoms with van der Waals surface area (Å²) < 4.78 is 13.6. The number of hydrogen-bond acceptors (Lipinski definition) is 8. The van der Waals surface area contributed by atoms with Gasteiger partial charge in [-0.25, -0.2) is 0 Å². The Labute approximate surface area is 200 Å². The number of ether oxygens (including phenoxy) is 1. The zero-order valence-corrected chi connectivity index (χ0v) is 19.7. The Morgan fingerprint density at radius 3 is 2.61 bits per heavy atom. The second-order valence-corrected chi connectivity index (χ2v) is 9.41. The smallest absolute Gasteiger partial charge is 0.247 e. The lowest BCUT2D eigenvalue weighted by Crippen LogP contribution is -2.38. The molecule has 10 heteroatoms. The molecule has 5 rings (SSSR count). The molecular weight excluding hydrogens is 460 g/mol. The summed E-state index contributed by atoms with van der Waals surface area (Å²) in [7, 11) is 0. The predicted octanol–water partition coefficient (Wildman–Crippen LogP) is 4.72. The third kappa shape index (κ3) is 5.05. The van der Waals surface area contributed by atoms with Gasteiger partial charge < -0.3 is 14.1 Å². The Morgan fingerprint density at radius 2 is 1.82 bits per heavy atom. The zero-order chi connectivity index (χ0) is 22.6. The van der Waals surface area contributed by atoms with Crippen LogP contribution in [0.5, 0.6) is 0 Å². The van der Waals surface area contributed by atoms with Crippen molar-refractivity contribution in [3.8, 4) is 11.5 Å². The topological polar surface area (TPSA) is 82.1 Å². The Hall–Kier alpha value is -2.88.